The molecule has 18 heavy (non-hydrogen) atoms. The Morgan fingerprint density at radius 1 is 1.50 bits per heavy atom. The second-order valence-electron chi connectivity index (χ2n) is 4.28. The number of aromatic nitrogens is 2. The van der Waals surface area contributed by atoms with Crippen molar-refractivity contribution in [1.82, 2.24) is 9.97 Å². The number of fused-ring (bicyclic) bond motifs is 1. The van der Waals surface area contributed by atoms with E-state index < -0.39 is 0 Å². The van der Waals surface area contributed by atoms with E-state index in [1.54, 1.807) is 12.3 Å². The van der Waals surface area contributed by atoms with Gasteiger partial charge < -0.3 is 16.2 Å². The van der Waals surface area contributed by atoms with Gasteiger partial charge in [-0.05, 0) is 18.6 Å². The molecule has 0 amide bonds. The van der Waals surface area contributed by atoms with Crippen LogP contribution in [-0.2, 0) is 0 Å². The maximum atomic E-state index is 9.33. The largest absolute Gasteiger partial charge is 0.394 e. The van der Waals surface area contributed by atoms with Gasteiger partial charge in [0.05, 0.1) is 17.8 Å². The van der Waals surface area contributed by atoms with E-state index in [0.717, 1.165) is 29.6 Å². The molecule has 4 N–H and O–H groups in total. The zero-order chi connectivity index (χ0) is 13.0. The first kappa shape index (κ1) is 12.6. The Morgan fingerprint density at radius 3 is 3.06 bits per heavy atom. The molecule has 96 valence electrons. The van der Waals surface area contributed by atoms with Gasteiger partial charge in [0.15, 0.2) is 0 Å². The minimum atomic E-state index is 0.0157. The number of hydrogen-bond donors (Lipinski definition) is 3. The van der Waals surface area contributed by atoms with Gasteiger partial charge in [-0.3, -0.25) is 4.98 Å². The maximum Gasteiger partial charge on any atom is 0.126 e. The molecule has 0 bridgehead atoms. The van der Waals surface area contributed by atoms with E-state index in [4.69, 9.17) is 5.73 Å². The highest BCUT2D eigenvalue weighted by Crippen LogP contribution is 2.23. The Balaban J connectivity index is 2.37. The third-order valence-electron chi connectivity index (χ3n) is 2.80. The molecule has 2 heterocycles. The number of anilines is 2. The maximum absolute atomic E-state index is 9.33. The van der Waals surface area contributed by atoms with Crippen LogP contribution in [0.4, 0.5) is 11.5 Å². The third kappa shape index (κ3) is 2.68. The van der Waals surface area contributed by atoms with Crippen molar-refractivity contribution in [2.45, 2.75) is 25.8 Å². The highest BCUT2D eigenvalue weighted by atomic mass is 16.3. The van der Waals surface area contributed by atoms with Crippen LogP contribution in [0.25, 0.3) is 11.0 Å². The molecule has 0 aliphatic heterocycles. The van der Waals surface area contributed by atoms with Crippen molar-refractivity contribution in [3.8, 4) is 0 Å². The van der Waals surface area contributed by atoms with Crippen LogP contribution in [0.2, 0.25) is 0 Å². The SMILES string of the molecule is CCC[C@H](CO)Nc1cc(N)nc2cccnc12. The van der Waals surface area contributed by atoms with Crippen molar-refractivity contribution in [2.75, 3.05) is 17.7 Å². The molecule has 0 aromatic carbocycles. The molecule has 0 unspecified atom stereocenters. The van der Waals surface area contributed by atoms with Gasteiger partial charge in [-0.2, -0.15) is 0 Å². The number of nitrogens with zero attached hydrogens (tertiary/aromatic N) is 2. The number of pyridine rings is 2. The van der Waals surface area contributed by atoms with Crippen LogP contribution in [0, 0.1) is 0 Å². The molecular formula is C13H18N4O. The number of aliphatic hydroxyl groups is 1. The second-order valence-corrected chi connectivity index (χ2v) is 4.28. The van der Waals surface area contributed by atoms with Gasteiger partial charge in [0.1, 0.15) is 11.3 Å². The first-order valence-electron chi connectivity index (χ1n) is 6.13. The summed E-state index contributed by atoms with van der Waals surface area (Å²) >= 11 is 0. The normalized spacial score (nSPS) is 12.6. The van der Waals surface area contributed by atoms with E-state index >= 15 is 0 Å². The lowest BCUT2D eigenvalue weighted by atomic mass is 10.1. The van der Waals surface area contributed by atoms with Crippen molar-refractivity contribution in [2.24, 2.45) is 0 Å². The molecule has 0 saturated carbocycles. The van der Waals surface area contributed by atoms with Crippen molar-refractivity contribution in [3.63, 3.8) is 0 Å². The fourth-order valence-corrected chi connectivity index (χ4v) is 1.97. The zero-order valence-corrected chi connectivity index (χ0v) is 10.4. The van der Waals surface area contributed by atoms with Crippen molar-refractivity contribution >= 4 is 22.5 Å². The van der Waals surface area contributed by atoms with Crippen molar-refractivity contribution in [3.05, 3.63) is 24.4 Å². The highest BCUT2D eigenvalue weighted by molar-refractivity contribution is 5.89. The van der Waals surface area contributed by atoms with Gasteiger partial charge in [0.2, 0.25) is 0 Å². The number of nitrogens with two attached hydrogens (primary N) is 1. The summed E-state index contributed by atoms with van der Waals surface area (Å²) in [6.07, 6.45) is 3.62. The second kappa shape index (κ2) is 5.64. The van der Waals surface area contributed by atoms with Gasteiger partial charge in [0.25, 0.3) is 0 Å². The summed E-state index contributed by atoms with van der Waals surface area (Å²) in [6, 6.07) is 5.47. The topological polar surface area (TPSA) is 84.1 Å². The molecule has 0 saturated heterocycles. The number of rotatable bonds is 5. The first-order chi connectivity index (χ1) is 8.74. The summed E-state index contributed by atoms with van der Waals surface area (Å²) in [4.78, 5) is 8.54. The summed E-state index contributed by atoms with van der Waals surface area (Å²) < 4.78 is 0. The Hall–Kier alpha value is -1.88. The number of nitrogens with one attached hydrogen (secondary N) is 1. The van der Waals surface area contributed by atoms with Gasteiger partial charge in [-0.15, -0.1) is 0 Å². The molecule has 2 aromatic rings. The van der Waals surface area contributed by atoms with Crippen LogP contribution >= 0.6 is 0 Å². The molecule has 0 spiro atoms. The highest BCUT2D eigenvalue weighted by Gasteiger charge is 2.10. The third-order valence-corrected chi connectivity index (χ3v) is 2.80. The molecule has 0 radical (unpaired) electrons. The van der Waals surface area contributed by atoms with Gasteiger partial charge in [-0.1, -0.05) is 13.3 Å². The van der Waals surface area contributed by atoms with Crippen molar-refractivity contribution in [1.29, 1.82) is 0 Å². The summed E-state index contributed by atoms with van der Waals surface area (Å²) in [5.74, 6) is 0.450. The van der Waals surface area contributed by atoms with Crippen LogP contribution in [0.3, 0.4) is 0 Å². The summed E-state index contributed by atoms with van der Waals surface area (Å²) in [6.45, 7) is 2.17. The summed E-state index contributed by atoms with van der Waals surface area (Å²) in [5.41, 5.74) is 8.14. The predicted molar refractivity (Wildman–Crippen MR) is 73.4 cm³/mol. The van der Waals surface area contributed by atoms with Crippen LogP contribution in [-0.4, -0.2) is 27.7 Å². The average Bonchev–Trinajstić information content (AvgIpc) is 2.38. The van der Waals surface area contributed by atoms with Crippen LogP contribution < -0.4 is 11.1 Å². The molecule has 5 heteroatoms. The molecule has 1 atom stereocenters. The minimum absolute atomic E-state index is 0.0157. The van der Waals surface area contributed by atoms with E-state index in [-0.39, 0.29) is 12.6 Å². The van der Waals surface area contributed by atoms with E-state index in [9.17, 15) is 5.11 Å². The van der Waals surface area contributed by atoms with Crippen LogP contribution in [0.1, 0.15) is 19.8 Å². The Labute approximate surface area is 106 Å². The fraction of sp³-hybridized carbons (Fsp3) is 0.385. The van der Waals surface area contributed by atoms with E-state index in [1.165, 1.54) is 0 Å². The number of hydrogen-bond acceptors (Lipinski definition) is 5. The lowest BCUT2D eigenvalue weighted by molar-refractivity contribution is 0.268. The Kier molecular flexibility index (Phi) is 3.94. The van der Waals surface area contributed by atoms with Crippen molar-refractivity contribution < 1.29 is 5.11 Å². The number of nitrogen functional groups attached to an aromatic ring is 1. The predicted octanol–water partition coefficient (Wildman–Crippen LogP) is 1.78. The number of aliphatic hydroxyl groups excluding tert-OH is 1. The summed E-state index contributed by atoms with van der Waals surface area (Å²) in [5, 5.41) is 12.6. The van der Waals surface area contributed by atoms with Gasteiger partial charge in [-0.25, -0.2) is 4.98 Å². The Morgan fingerprint density at radius 2 is 2.33 bits per heavy atom. The standard InChI is InChI=1S/C13H18N4O/c1-2-4-9(8-18)16-11-7-12(14)17-10-5-3-6-15-13(10)11/h3,5-7,9,18H,2,4,8H2,1H3,(H3,14,16,17)/t9-/m1/s1. The molecule has 2 aromatic heterocycles. The van der Waals surface area contributed by atoms with E-state index in [2.05, 4.69) is 22.2 Å². The Bertz CT molecular complexity index is 529. The van der Waals surface area contributed by atoms with E-state index in [0.29, 0.717) is 5.82 Å². The minimum Gasteiger partial charge on any atom is -0.394 e. The lowest BCUT2D eigenvalue weighted by Gasteiger charge is -2.17. The fourth-order valence-electron chi connectivity index (χ4n) is 1.97. The van der Waals surface area contributed by atoms with E-state index in [1.807, 2.05) is 12.1 Å². The van der Waals surface area contributed by atoms with Gasteiger partial charge >= 0.3 is 0 Å². The molecule has 2 rings (SSSR count). The smallest absolute Gasteiger partial charge is 0.126 e. The van der Waals surface area contributed by atoms with Crippen LogP contribution in [0.15, 0.2) is 24.4 Å². The van der Waals surface area contributed by atoms with Gasteiger partial charge in [0, 0.05) is 18.3 Å². The average molecular weight is 246 g/mol. The molecule has 0 aliphatic rings. The molecular weight excluding hydrogens is 228 g/mol. The molecule has 5 nitrogen and oxygen atoms in total. The lowest BCUT2D eigenvalue weighted by Crippen LogP contribution is -2.23. The first-order valence-corrected chi connectivity index (χ1v) is 6.13. The monoisotopic (exact) mass is 246 g/mol. The molecule has 0 fully saturated rings. The summed E-state index contributed by atoms with van der Waals surface area (Å²) in [7, 11) is 0. The van der Waals surface area contributed by atoms with Crippen LogP contribution in [0.5, 0.6) is 0 Å². The molecule has 0 aliphatic carbocycles. The zero-order valence-electron chi connectivity index (χ0n) is 10.4. The quantitative estimate of drug-likeness (QED) is 0.749.